The number of hydrogen-bond donors (Lipinski definition) is 0. The summed E-state index contributed by atoms with van der Waals surface area (Å²) in [7, 11) is 0. The molecule has 4 heteroatoms. The van der Waals surface area contributed by atoms with Crippen molar-refractivity contribution in [3.8, 4) is 22.5 Å². The third-order valence-electron chi connectivity index (χ3n) is 3.51. The summed E-state index contributed by atoms with van der Waals surface area (Å²) in [5.41, 5.74) is 5.40. The minimum atomic E-state index is 0.837. The standard InChI is InChI=1S/C18H12N4/c1-3-9-19-15(5-1)13-7-11-22-18-14(8-12-21-17(13)18)16-6-2-4-10-20-16/h1-12H. The maximum atomic E-state index is 4.51. The highest BCUT2D eigenvalue weighted by molar-refractivity contribution is 5.97. The van der Waals surface area contributed by atoms with Crippen LogP contribution in [-0.2, 0) is 0 Å². The third-order valence-corrected chi connectivity index (χ3v) is 3.51. The van der Waals surface area contributed by atoms with E-state index in [0.717, 1.165) is 33.5 Å². The average Bonchev–Trinajstić information content (AvgIpc) is 2.62. The highest BCUT2D eigenvalue weighted by Crippen LogP contribution is 2.29. The maximum absolute atomic E-state index is 4.51. The maximum Gasteiger partial charge on any atom is 0.0987 e. The van der Waals surface area contributed by atoms with Crippen LogP contribution in [-0.4, -0.2) is 19.9 Å². The topological polar surface area (TPSA) is 51.6 Å². The molecule has 0 saturated heterocycles. The Labute approximate surface area is 127 Å². The van der Waals surface area contributed by atoms with Gasteiger partial charge in [0.25, 0.3) is 0 Å². The molecule has 0 spiro atoms. The van der Waals surface area contributed by atoms with Gasteiger partial charge in [-0.2, -0.15) is 0 Å². The molecule has 104 valence electrons. The zero-order valence-corrected chi connectivity index (χ0v) is 11.7. The normalized spacial score (nSPS) is 10.7. The van der Waals surface area contributed by atoms with Crippen LogP contribution in [0, 0.1) is 0 Å². The summed E-state index contributed by atoms with van der Waals surface area (Å²) < 4.78 is 0. The second-order valence-electron chi connectivity index (χ2n) is 4.84. The summed E-state index contributed by atoms with van der Waals surface area (Å²) in [6.07, 6.45) is 7.15. The van der Waals surface area contributed by atoms with Crippen molar-refractivity contribution < 1.29 is 0 Å². The van der Waals surface area contributed by atoms with E-state index in [1.165, 1.54) is 0 Å². The number of fused-ring (bicyclic) bond motifs is 1. The zero-order chi connectivity index (χ0) is 14.8. The minimum Gasteiger partial charge on any atom is -0.256 e. The lowest BCUT2D eigenvalue weighted by atomic mass is 10.1. The lowest BCUT2D eigenvalue weighted by molar-refractivity contribution is 1.28. The Morgan fingerprint density at radius 1 is 0.455 bits per heavy atom. The summed E-state index contributed by atoms with van der Waals surface area (Å²) in [4.78, 5) is 17.9. The average molecular weight is 284 g/mol. The van der Waals surface area contributed by atoms with Crippen molar-refractivity contribution in [3.63, 3.8) is 0 Å². The van der Waals surface area contributed by atoms with Gasteiger partial charge in [0.15, 0.2) is 0 Å². The van der Waals surface area contributed by atoms with Crippen LogP contribution in [0.4, 0.5) is 0 Å². The van der Waals surface area contributed by atoms with Crippen LogP contribution >= 0.6 is 0 Å². The van der Waals surface area contributed by atoms with Crippen LogP contribution < -0.4 is 0 Å². The van der Waals surface area contributed by atoms with Gasteiger partial charge in [-0.25, -0.2) is 0 Å². The van der Waals surface area contributed by atoms with Gasteiger partial charge >= 0.3 is 0 Å². The molecule has 0 radical (unpaired) electrons. The lowest BCUT2D eigenvalue weighted by Crippen LogP contribution is -1.92. The third kappa shape index (κ3) is 2.11. The monoisotopic (exact) mass is 284 g/mol. The van der Waals surface area contributed by atoms with Crippen LogP contribution in [0.15, 0.2) is 73.3 Å². The molecule has 4 aromatic rings. The van der Waals surface area contributed by atoms with E-state index in [9.17, 15) is 0 Å². The molecule has 22 heavy (non-hydrogen) atoms. The van der Waals surface area contributed by atoms with E-state index < -0.39 is 0 Å². The van der Waals surface area contributed by atoms with Crippen molar-refractivity contribution >= 4 is 11.0 Å². The molecule has 4 nitrogen and oxygen atoms in total. The van der Waals surface area contributed by atoms with Gasteiger partial charge in [0, 0.05) is 35.9 Å². The molecule has 0 aliphatic carbocycles. The first-order valence-electron chi connectivity index (χ1n) is 7.00. The van der Waals surface area contributed by atoms with E-state index in [1.807, 2.05) is 48.5 Å². The Bertz CT molecular complexity index is 842. The van der Waals surface area contributed by atoms with E-state index in [0.29, 0.717) is 0 Å². The molecular formula is C18H12N4. The summed E-state index contributed by atoms with van der Waals surface area (Å²) in [6.45, 7) is 0. The molecule has 4 aromatic heterocycles. The van der Waals surface area contributed by atoms with Gasteiger partial charge in [0.05, 0.1) is 22.4 Å². The number of aromatic nitrogens is 4. The molecule has 0 fully saturated rings. The summed E-state index contributed by atoms with van der Waals surface area (Å²) in [5, 5.41) is 0. The second-order valence-corrected chi connectivity index (χ2v) is 4.84. The summed E-state index contributed by atoms with van der Waals surface area (Å²) in [5.74, 6) is 0. The number of hydrogen-bond acceptors (Lipinski definition) is 4. The van der Waals surface area contributed by atoms with Crippen LogP contribution in [0.5, 0.6) is 0 Å². The first-order valence-corrected chi connectivity index (χ1v) is 7.00. The summed E-state index contributed by atoms with van der Waals surface area (Å²) in [6, 6.07) is 15.6. The van der Waals surface area contributed by atoms with Crippen molar-refractivity contribution in [2.75, 3.05) is 0 Å². The Kier molecular flexibility index (Phi) is 3.05. The Morgan fingerprint density at radius 2 is 0.955 bits per heavy atom. The fraction of sp³-hybridized carbons (Fsp3) is 0. The second kappa shape index (κ2) is 5.33. The molecule has 0 aliphatic rings. The van der Waals surface area contributed by atoms with Gasteiger partial charge in [-0.3, -0.25) is 19.9 Å². The summed E-state index contributed by atoms with van der Waals surface area (Å²) >= 11 is 0. The molecule has 0 N–H and O–H groups in total. The number of rotatable bonds is 2. The highest BCUT2D eigenvalue weighted by Gasteiger charge is 2.11. The number of pyridine rings is 4. The van der Waals surface area contributed by atoms with Crippen molar-refractivity contribution in [1.82, 2.24) is 19.9 Å². The van der Waals surface area contributed by atoms with Crippen molar-refractivity contribution in [2.24, 2.45) is 0 Å². The molecule has 0 saturated carbocycles. The van der Waals surface area contributed by atoms with Crippen LogP contribution in [0.25, 0.3) is 33.5 Å². The zero-order valence-electron chi connectivity index (χ0n) is 11.7. The predicted molar refractivity (Wildman–Crippen MR) is 86.0 cm³/mol. The smallest absolute Gasteiger partial charge is 0.0987 e. The minimum absolute atomic E-state index is 0.837. The van der Waals surface area contributed by atoms with Gasteiger partial charge in [0.1, 0.15) is 0 Å². The van der Waals surface area contributed by atoms with E-state index in [4.69, 9.17) is 0 Å². The molecule has 4 heterocycles. The van der Waals surface area contributed by atoms with E-state index >= 15 is 0 Å². The predicted octanol–water partition coefficient (Wildman–Crippen LogP) is 3.75. The van der Waals surface area contributed by atoms with E-state index in [-0.39, 0.29) is 0 Å². The van der Waals surface area contributed by atoms with Crippen LogP contribution in [0.3, 0.4) is 0 Å². The Hall–Kier alpha value is -3.14. The molecule has 0 aromatic carbocycles. The van der Waals surface area contributed by atoms with Gasteiger partial charge < -0.3 is 0 Å². The van der Waals surface area contributed by atoms with E-state index in [1.54, 1.807) is 24.8 Å². The van der Waals surface area contributed by atoms with Gasteiger partial charge in [-0.1, -0.05) is 12.1 Å². The molecule has 0 amide bonds. The van der Waals surface area contributed by atoms with Crippen molar-refractivity contribution in [3.05, 3.63) is 73.3 Å². The largest absolute Gasteiger partial charge is 0.256 e. The number of nitrogens with zero attached hydrogens (tertiary/aromatic N) is 4. The first-order chi connectivity index (χ1) is 10.9. The molecule has 0 unspecified atom stereocenters. The van der Waals surface area contributed by atoms with Gasteiger partial charge in [-0.15, -0.1) is 0 Å². The quantitative estimate of drug-likeness (QED) is 0.562. The molecular weight excluding hydrogens is 272 g/mol. The van der Waals surface area contributed by atoms with Crippen molar-refractivity contribution in [2.45, 2.75) is 0 Å². The first kappa shape index (κ1) is 12.6. The molecule has 0 aliphatic heterocycles. The molecule has 0 bridgehead atoms. The van der Waals surface area contributed by atoms with Crippen LogP contribution in [0.2, 0.25) is 0 Å². The van der Waals surface area contributed by atoms with E-state index in [2.05, 4.69) is 19.9 Å². The fourth-order valence-corrected chi connectivity index (χ4v) is 2.50. The van der Waals surface area contributed by atoms with Crippen molar-refractivity contribution in [1.29, 1.82) is 0 Å². The fourth-order valence-electron chi connectivity index (χ4n) is 2.50. The van der Waals surface area contributed by atoms with Gasteiger partial charge in [0.2, 0.25) is 0 Å². The molecule has 0 atom stereocenters. The van der Waals surface area contributed by atoms with Crippen LogP contribution in [0.1, 0.15) is 0 Å². The van der Waals surface area contributed by atoms with Gasteiger partial charge in [-0.05, 0) is 36.4 Å². The highest BCUT2D eigenvalue weighted by atomic mass is 14.8. The lowest BCUT2D eigenvalue weighted by Gasteiger charge is -2.08. The Balaban J connectivity index is 2.00. The SMILES string of the molecule is c1ccc(-c2ccnc3c(-c4ccccn4)ccnc23)nc1. The molecule has 4 rings (SSSR count). The Morgan fingerprint density at radius 3 is 1.36 bits per heavy atom.